The minimum atomic E-state index is -2.98. The molecule has 0 spiro atoms. The number of aliphatic hydroxyl groups excluding tert-OH is 1. The second kappa shape index (κ2) is 5.03. The molecular weight excluding hydrogens is 188 g/mol. The second-order valence-corrected chi connectivity index (χ2v) is 4.33. The molecule has 1 fully saturated rings. The summed E-state index contributed by atoms with van der Waals surface area (Å²) < 4.78 is 25.3. The molecule has 2 N–H and O–H groups in total. The van der Waals surface area contributed by atoms with Crippen molar-refractivity contribution >= 4 is 0 Å². The molecule has 0 aromatic carbocycles. The van der Waals surface area contributed by atoms with Crippen molar-refractivity contribution in [2.45, 2.75) is 44.6 Å². The highest BCUT2D eigenvalue weighted by molar-refractivity contribution is 4.77. The SMILES string of the molecule is CC(CC1CCC1)NCC(F)(F)CO. The van der Waals surface area contributed by atoms with Crippen LogP contribution in [0.1, 0.15) is 32.6 Å². The topological polar surface area (TPSA) is 32.3 Å². The van der Waals surface area contributed by atoms with Crippen molar-refractivity contribution < 1.29 is 13.9 Å². The first-order valence-corrected chi connectivity index (χ1v) is 5.25. The van der Waals surface area contributed by atoms with Crippen LogP contribution in [0.2, 0.25) is 0 Å². The molecule has 0 radical (unpaired) electrons. The average Bonchev–Trinajstić information content (AvgIpc) is 2.08. The van der Waals surface area contributed by atoms with Gasteiger partial charge in [-0.1, -0.05) is 19.3 Å². The molecule has 0 aromatic rings. The molecule has 0 aromatic heterocycles. The molecule has 14 heavy (non-hydrogen) atoms. The number of halogens is 2. The van der Waals surface area contributed by atoms with E-state index in [1.165, 1.54) is 19.3 Å². The highest BCUT2D eigenvalue weighted by atomic mass is 19.3. The number of rotatable bonds is 6. The van der Waals surface area contributed by atoms with Gasteiger partial charge in [0.1, 0.15) is 6.61 Å². The first kappa shape index (κ1) is 11.9. The van der Waals surface area contributed by atoms with Gasteiger partial charge in [0.2, 0.25) is 0 Å². The molecule has 1 aliphatic carbocycles. The summed E-state index contributed by atoms with van der Waals surface area (Å²) in [7, 11) is 0. The molecule has 1 rings (SSSR count). The molecule has 2 nitrogen and oxygen atoms in total. The first-order chi connectivity index (χ1) is 6.53. The molecule has 1 unspecified atom stereocenters. The molecular formula is C10H19F2NO. The number of alkyl halides is 2. The standard InChI is InChI=1S/C10H19F2NO/c1-8(5-9-3-2-4-9)13-6-10(11,12)7-14/h8-9,13-14H,2-7H2,1H3. The van der Waals surface area contributed by atoms with Crippen molar-refractivity contribution in [3.63, 3.8) is 0 Å². The van der Waals surface area contributed by atoms with E-state index in [4.69, 9.17) is 5.11 Å². The number of hydrogen-bond acceptors (Lipinski definition) is 2. The maximum Gasteiger partial charge on any atom is 0.282 e. The van der Waals surface area contributed by atoms with Crippen LogP contribution in [0.15, 0.2) is 0 Å². The van der Waals surface area contributed by atoms with E-state index in [0.29, 0.717) is 0 Å². The lowest BCUT2D eigenvalue weighted by molar-refractivity contribution is -0.0495. The van der Waals surface area contributed by atoms with Gasteiger partial charge in [-0.15, -0.1) is 0 Å². The summed E-state index contributed by atoms with van der Waals surface area (Å²) in [6, 6.07) is 0.123. The summed E-state index contributed by atoms with van der Waals surface area (Å²) in [6.07, 6.45) is 4.73. The normalized spacial score (nSPS) is 20.6. The lowest BCUT2D eigenvalue weighted by Crippen LogP contribution is -2.41. The quantitative estimate of drug-likeness (QED) is 0.696. The van der Waals surface area contributed by atoms with Gasteiger partial charge in [-0.25, -0.2) is 8.78 Å². The van der Waals surface area contributed by atoms with E-state index in [1.807, 2.05) is 6.92 Å². The zero-order valence-corrected chi connectivity index (χ0v) is 8.60. The van der Waals surface area contributed by atoms with E-state index in [2.05, 4.69) is 5.32 Å². The van der Waals surface area contributed by atoms with Crippen molar-refractivity contribution in [3.8, 4) is 0 Å². The highest BCUT2D eigenvalue weighted by Gasteiger charge is 2.28. The molecule has 1 saturated carbocycles. The number of hydrogen-bond donors (Lipinski definition) is 2. The summed E-state index contributed by atoms with van der Waals surface area (Å²) >= 11 is 0. The van der Waals surface area contributed by atoms with Crippen LogP contribution in [0.4, 0.5) is 8.78 Å². The van der Waals surface area contributed by atoms with Crippen LogP contribution in [0, 0.1) is 5.92 Å². The third kappa shape index (κ3) is 3.88. The van der Waals surface area contributed by atoms with E-state index < -0.39 is 19.1 Å². The summed E-state index contributed by atoms with van der Waals surface area (Å²) in [5, 5.41) is 11.1. The number of aliphatic hydroxyl groups is 1. The lowest BCUT2D eigenvalue weighted by Gasteiger charge is -2.29. The van der Waals surface area contributed by atoms with Gasteiger partial charge in [0.25, 0.3) is 5.92 Å². The smallest absolute Gasteiger partial charge is 0.282 e. The summed E-state index contributed by atoms with van der Waals surface area (Å²) in [4.78, 5) is 0. The van der Waals surface area contributed by atoms with Gasteiger partial charge < -0.3 is 10.4 Å². The molecule has 0 bridgehead atoms. The van der Waals surface area contributed by atoms with Crippen LogP contribution < -0.4 is 5.32 Å². The van der Waals surface area contributed by atoms with Crippen molar-refractivity contribution in [1.29, 1.82) is 0 Å². The predicted octanol–water partition coefficient (Wildman–Crippen LogP) is 1.78. The van der Waals surface area contributed by atoms with Crippen LogP contribution in [0.3, 0.4) is 0 Å². The fraction of sp³-hybridized carbons (Fsp3) is 1.00. The van der Waals surface area contributed by atoms with E-state index in [-0.39, 0.29) is 6.04 Å². The van der Waals surface area contributed by atoms with Crippen LogP contribution in [0.25, 0.3) is 0 Å². The van der Waals surface area contributed by atoms with Crippen LogP contribution in [-0.2, 0) is 0 Å². The van der Waals surface area contributed by atoms with E-state index in [9.17, 15) is 8.78 Å². The third-order valence-electron chi connectivity index (χ3n) is 2.85. The summed E-state index contributed by atoms with van der Waals surface area (Å²) in [5.74, 6) is -2.26. The van der Waals surface area contributed by atoms with Crippen molar-refractivity contribution in [2.24, 2.45) is 5.92 Å². The minimum Gasteiger partial charge on any atom is -0.390 e. The zero-order valence-electron chi connectivity index (χ0n) is 8.60. The van der Waals surface area contributed by atoms with E-state index in [1.54, 1.807) is 0 Å². The van der Waals surface area contributed by atoms with Crippen molar-refractivity contribution in [3.05, 3.63) is 0 Å². The largest absolute Gasteiger partial charge is 0.390 e. The monoisotopic (exact) mass is 207 g/mol. The van der Waals surface area contributed by atoms with Crippen molar-refractivity contribution in [2.75, 3.05) is 13.2 Å². The van der Waals surface area contributed by atoms with Gasteiger partial charge in [-0.05, 0) is 19.3 Å². The molecule has 84 valence electrons. The first-order valence-electron chi connectivity index (χ1n) is 5.25. The Balaban J connectivity index is 2.10. The minimum absolute atomic E-state index is 0.123. The fourth-order valence-corrected chi connectivity index (χ4v) is 1.69. The summed E-state index contributed by atoms with van der Waals surface area (Å²) in [6.45, 7) is 0.430. The highest BCUT2D eigenvalue weighted by Crippen LogP contribution is 2.30. The Morgan fingerprint density at radius 2 is 2.14 bits per heavy atom. The van der Waals surface area contributed by atoms with E-state index >= 15 is 0 Å². The van der Waals surface area contributed by atoms with Gasteiger partial charge in [0.15, 0.2) is 0 Å². The van der Waals surface area contributed by atoms with Gasteiger partial charge >= 0.3 is 0 Å². The average molecular weight is 207 g/mol. The maximum absolute atomic E-state index is 12.6. The Morgan fingerprint density at radius 3 is 2.57 bits per heavy atom. The van der Waals surface area contributed by atoms with Crippen LogP contribution >= 0.6 is 0 Å². The van der Waals surface area contributed by atoms with Crippen LogP contribution in [-0.4, -0.2) is 30.2 Å². The summed E-state index contributed by atoms with van der Waals surface area (Å²) in [5.41, 5.74) is 0. The Kier molecular flexibility index (Phi) is 4.26. The van der Waals surface area contributed by atoms with Crippen LogP contribution in [0.5, 0.6) is 0 Å². The van der Waals surface area contributed by atoms with Gasteiger partial charge in [0.05, 0.1) is 6.54 Å². The molecule has 1 atom stereocenters. The maximum atomic E-state index is 12.6. The lowest BCUT2D eigenvalue weighted by atomic mass is 9.81. The zero-order chi connectivity index (χ0) is 10.6. The Bertz CT molecular complexity index is 172. The predicted molar refractivity (Wildman–Crippen MR) is 51.5 cm³/mol. The molecule has 4 heteroatoms. The van der Waals surface area contributed by atoms with Gasteiger partial charge in [-0.2, -0.15) is 0 Å². The molecule has 0 aliphatic heterocycles. The molecule has 0 saturated heterocycles. The Morgan fingerprint density at radius 1 is 1.50 bits per heavy atom. The van der Waals surface area contributed by atoms with E-state index in [0.717, 1.165) is 12.3 Å². The third-order valence-corrected chi connectivity index (χ3v) is 2.85. The van der Waals surface area contributed by atoms with Gasteiger partial charge in [0, 0.05) is 6.04 Å². The molecule has 1 aliphatic rings. The molecule has 0 heterocycles. The molecule has 0 amide bonds. The van der Waals surface area contributed by atoms with Crippen molar-refractivity contribution in [1.82, 2.24) is 5.32 Å². The van der Waals surface area contributed by atoms with Gasteiger partial charge in [-0.3, -0.25) is 0 Å². The number of nitrogens with one attached hydrogen (secondary N) is 1. The Hall–Kier alpha value is -0.220. The Labute approximate surface area is 83.7 Å². The fourth-order valence-electron chi connectivity index (χ4n) is 1.69. The second-order valence-electron chi connectivity index (χ2n) is 4.33.